The molecule has 1 aliphatic rings. The molecule has 8 nitrogen and oxygen atoms in total. The van der Waals surface area contributed by atoms with Crippen molar-refractivity contribution in [2.45, 2.75) is 45.3 Å². The molecule has 2 aromatic heterocycles. The number of likely N-dealkylation sites (tertiary alicyclic amines) is 1. The molecule has 0 bridgehead atoms. The zero-order chi connectivity index (χ0) is 36.0. The molecule has 2 aromatic rings. The predicted octanol–water partition coefficient (Wildman–Crippen LogP) is 1.62. The monoisotopic (exact) mass is 381 g/mol. The Bertz CT molecular complexity index is 1530. The van der Waals surface area contributed by atoms with Gasteiger partial charge in [-0.15, -0.1) is 0 Å². The maximum Gasteiger partial charge on any atom is 0.293 e. The van der Waals surface area contributed by atoms with Crippen LogP contribution >= 0.6 is 0 Å². The molecule has 1 fully saturated rings. The SMILES string of the molecule is [2H]Oc1c(C(=O)N([2H])CCCN2C([2H])([2H])C([2H])([2H])C([2H])([2H])C([2H])([2H])C2([2H])[2H])c(=O)n(C([2H])(C([2H])([2H])[2H])C([2H])([2H])[2H])c2c1cnn2[2H]. The number of hydrogen-bond donors (Lipinski definition) is 3. The fourth-order valence-electron chi connectivity index (χ4n) is 2.26. The molecule has 3 N–H and O–H groups in total. The van der Waals surface area contributed by atoms with Crippen LogP contribution in [0.3, 0.4) is 0 Å². The predicted molar refractivity (Wildman–Crippen MR) is 99.6 cm³/mol. The minimum absolute atomic E-state index is 0.0332. The van der Waals surface area contributed by atoms with Crippen molar-refractivity contribution in [1.29, 1.82) is 1.43 Å². The van der Waals surface area contributed by atoms with E-state index in [9.17, 15) is 9.59 Å². The lowest BCUT2D eigenvalue weighted by Gasteiger charge is -2.26. The Morgan fingerprint density at radius 2 is 2.42 bits per heavy atom. The summed E-state index contributed by atoms with van der Waals surface area (Å²) in [5, 5.41) is 7.24. The fraction of sp³-hybridized carbons (Fsp3) is 0.611. The zero-order valence-corrected chi connectivity index (χ0v) is 13.2. The van der Waals surface area contributed by atoms with E-state index in [-0.39, 0.29) is 19.9 Å². The summed E-state index contributed by atoms with van der Waals surface area (Å²) >= 11 is 0. The molecule has 0 atom stereocenters. The number of hydrogen-bond acceptors (Lipinski definition) is 5. The van der Waals surface area contributed by atoms with Gasteiger partial charge < -0.3 is 15.3 Å². The Labute approximate surface area is 180 Å². The van der Waals surface area contributed by atoms with E-state index in [0.29, 0.717) is 6.20 Å². The summed E-state index contributed by atoms with van der Waals surface area (Å²) in [4.78, 5) is 27.2. The average Bonchev–Trinajstić information content (AvgIpc) is 3.27. The van der Waals surface area contributed by atoms with Crippen LogP contribution in [0.15, 0.2) is 11.0 Å². The van der Waals surface area contributed by atoms with Crippen molar-refractivity contribution in [3.8, 4) is 5.75 Å². The van der Waals surface area contributed by atoms with Gasteiger partial charge in [0.2, 0.25) is 0 Å². The van der Waals surface area contributed by atoms with Gasteiger partial charge in [-0.1, -0.05) is 6.37 Å². The van der Waals surface area contributed by atoms with Crippen molar-refractivity contribution in [2.24, 2.45) is 0 Å². The van der Waals surface area contributed by atoms with E-state index in [1.165, 1.54) is 0 Å². The number of rotatable bonds is 7. The smallest absolute Gasteiger partial charge is 0.293 e. The number of aromatic hydroxyl groups is 1. The first-order valence-electron chi connectivity index (χ1n) is 17.1. The summed E-state index contributed by atoms with van der Waals surface area (Å²) in [5.41, 5.74) is -4.17. The summed E-state index contributed by atoms with van der Waals surface area (Å²) in [7, 11) is 0. The molecule has 8 heteroatoms. The first kappa shape index (κ1) is 5.82. The minimum atomic E-state index is -3.86. The Morgan fingerprint density at radius 3 is 3.15 bits per heavy atom. The number of H-pyrrole nitrogens is 1. The van der Waals surface area contributed by atoms with E-state index in [4.69, 9.17) is 27.6 Å². The molecular weight excluding hydrogens is 334 g/mol. The Morgan fingerprint density at radius 1 is 1.62 bits per heavy atom. The number of nitrogens with zero attached hydrogens (tertiary/aromatic N) is 3. The fourth-order valence-corrected chi connectivity index (χ4v) is 2.26. The number of carbonyl (C=O) groups excluding carboxylic acids is 1. The van der Waals surface area contributed by atoms with E-state index in [1.54, 1.807) is 0 Å². The molecule has 26 heavy (non-hydrogen) atoms. The third-order valence-corrected chi connectivity index (χ3v) is 3.42. The van der Waals surface area contributed by atoms with E-state index < -0.39 is 105 Å². The molecule has 1 aliphatic heterocycles. The Kier molecular flexibility index (Phi) is 1.77. The lowest BCUT2D eigenvalue weighted by Crippen LogP contribution is -2.36. The van der Waals surface area contributed by atoms with Crippen molar-refractivity contribution in [2.75, 3.05) is 26.1 Å². The van der Waals surface area contributed by atoms with E-state index in [2.05, 4.69) is 10.2 Å². The number of aromatic nitrogens is 3. The summed E-state index contributed by atoms with van der Waals surface area (Å²) in [6.45, 7) is -16.4. The number of carbonyl (C=O) groups is 1. The normalized spacial score (nSPS) is 37.8. The van der Waals surface area contributed by atoms with Gasteiger partial charge in [-0.25, -0.2) is 0 Å². The molecule has 142 valence electrons. The highest BCUT2D eigenvalue weighted by atomic mass is 16.3. The van der Waals surface area contributed by atoms with Crippen LogP contribution in [0.2, 0.25) is 2.82 Å². The molecule has 0 spiro atoms. The van der Waals surface area contributed by atoms with Crippen molar-refractivity contribution in [3.05, 3.63) is 22.1 Å². The van der Waals surface area contributed by atoms with Gasteiger partial charge in [0.05, 0.1) is 13.0 Å². The standard InChI is InChI=1S/C18H27N5O3/c1-12(2)23-16-13(11-20-21-16)15(24)14(18(23)26)17(25)19-7-6-10-22-8-4-3-5-9-22/h11-12,24H,3-10H2,1-2H3,(H,19,25)(H,20,21)/i1D3,2D3,3D2,4D2,5D2,8D2,9D2,12D/hD3. The van der Waals surface area contributed by atoms with Crippen molar-refractivity contribution in [1.82, 2.24) is 25.0 Å². The summed E-state index contributed by atoms with van der Waals surface area (Å²) in [6.07, 6.45) is -10.9. The van der Waals surface area contributed by atoms with E-state index >= 15 is 0 Å². The maximum absolute atomic E-state index is 13.7. The third kappa shape index (κ3) is 3.60. The Hall–Kier alpha value is -2.35. The highest BCUT2D eigenvalue weighted by Gasteiger charge is 2.24. The van der Waals surface area contributed by atoms with Gasteiger partial charge >= 0.3 is 0 Å². The molecule has 1 amide bonds. The third-order valence-electron chi connectivity index (χ3n) is 3.42. The van der Waals surface area contributed by atoms with Crippen LogP contribution in [0.5, 0.6) is 5.75 Å². The van der Waals surface area contributed by atoms with Crippen LogP contribution in [-0.2, 0) is 0 Å². The quantitative estimate of drug-likeness (QED) is 0.676. The summed E-state index contributed by atoms with van der Waals surface area (Å²) < 4.78 is 159. The van der Waals surface area contributed by atoms with Crippen LogP contribution in [0.4, 0.5) is 0 Å². The molecule has 0 aliphatic carbocycles. The Balaban J connectivity index is 2.10. The second kappa shape index (κ2) is 7.90. The molecule has 3 heterocycles. The van der Waals surface area contributed by atoms with Gasteiger partial charge in [0.15, 0.2) is 2.82 Å². The number of fused-ring (bicyclic) bond motifs is 1. The minimum Gasteiger partial charge on any atom is -0.506 e. The summed E-state index contributed by atoms with van der Waals surface area (Å²) in [5.74, 6) is -2.69. The van der Waals surface area contributed by atoms with Gasteiger partial charge in [-0.3, -0.25) is 19.2 Å². The molecule has 0 radical (unpaired) electrons. The van der Waals surface area contributed by atoms with E-state index in [1.807, 2.05) is 0 Å². The lowest BCUT2D eigenvalue weighted by molar-refractivity contribution is 0.0946. The lowest BCUT2D eigenvalue weighted by atomic mass is 10.1. The zero-order valence-electron chi connectivity index (χ0n) is 33.2. The van der Waals surface area contributed by atoms with Gasteiger partial charge in [-0.05, 0) is 52.4 Å². The number of aromatic amines is 1. The first-order valence-corrected chi connectivity index (χ1v) is 7.31. The largest absolute Gasteiger partial charge is 0.506 e. The molecular formula is C18H27N5O3. The van der Waals surface area contributed by atoms with Crippen LogP contribution in [0, 0.1) is 0 Å². The maximum atomic E-state index is 13.7. The topological polar surface area (TPSA) is 103 Å². The summed E-state index contributed by atoms with van der Waals surface area (Å²) in [6, 6.07) is -3.86. The molecule has 3 rings (SSSR count). The van der Waals surface area contributed by atoms with Gasteiger partial charge in [-0.2, -0.15) is 5.10 Å². The number of amides is 1. The van der Waals surface area contributed by atoms with Crippen molar-refractivity contribution in [3.63, 3.8) is 0 Å². The molecule has 0 aromatic carbocycles. The second-order valence-electron chi connectivity index (χ2n) is 5.07. The van der Waals surface area contributed by atoms with Gasteiger partial charge in [0, 0.05) is 34.5 Å². The average molecular weight is 382 g/mol. The highest BCUT2D eigenvalue weighted by Crippen LogP contribution is 2.26. The van der Waals surface area contributed by atoms with Crippen molar-refractivity contribution < 1.29 is 36.0 Å². The van der Waals surface area contributed by atoms with E-state index in [0.717, 1.165) is 0 Å². The van der Waals surface area contributed by atoms with Gasteiger partial charge in [0.25, 0.3) is 12.9 Å². The number of pyridine rings is 1. The van der Waals surface area contributed by atoms with Gasteiger partial charge in [0.1, 0.15) is 17.0 Å². The highest BCUT2D eigenvalue weighted by molar-refractivity contribution is 6.01. The number of piperidine rings is 1. The van der Waals surface area contributed by atoms with Crippen molar-refractivity contribution >= 4 is 16.9 Å². The molecule has 0 unspecified atom stereocenters. The van der Waals surface area contributed by atoms with Crippen LogP contribution in [0.1, 0.15) is 78.9 Å². The number of nitrogens with one attached hydrogen (secondary N) is 2. The van der Waals surface area contributed by atoms with Crippen LogP contribution < -0.4 is 10.9 Å². The first-order chi connectivity index (χ1) is 20.4. The van der Waals surface area contributed by atoms with Crippen LogP contribution in [0.25, 0.3) is 11.0 Å². The van der Waals surface area contributed by atoms with Crippen LogP contribution in [-0.4, -0.2) is 58.2 Å². The molecule has 0 saturated carbocycles. The molecule has 1 saturated heterocycles. The second-order valence-corrected chi connectivity index (χ2v) is 5.07.